The van der Waals surface area contributed by atoms with Crippen LogP contribution in [0.1, 0.15) is 168 Å². The topological polar surface area (TPSA) is 0 Å². The first kappa shape index (κ1) is 28.7. The van der Waals surface area contributed by atoms with E-state index in [1.165, 1.54) is 148 Å². The van der Waals surface area contributed by atoms with Crippen LogP contribution >= 0.6 is 0 Å². The Kier molecular flexibility index (Phi) is 25.5. The highest BCUT2D eigenvalue weighted by Crippen LogP contribution is 2.19. The minimum absolute atomic E-state index is 0.966. The van der Waals surface area contributed by atoms with Crippen LogP contribution in [0.5, 0.6) is 0 Å². The molecule has 0 saturated heterocycles. The van der Waals surface area contributed by atoms with Crippen LogP contribution in [-0.4, -0.2) is 0 Å². The van der Waals surface area contributed by atoms with Gasteiger partial charge in [-0.15, -0.1) is 0 Å². The molecular weight excluding hydrogens is 348 g/mol. The molecule has 0 spiro atoms. The highest BCUT2D eigenvalue weighted by atomic mass is 14.1. The molecule has 0 heterocycles. The molecule has 29 heavy (non-hydrogen) atoms. The molecule has 0 nitrogen and oxygen atoms in total. The van der Waals surface area contributed by atoms with Gasteiger partial charge >= 0.3 is 0 Å². The molecule has 1 atom stereocenters. The van der Waals surface area contributed by atoms with Crippen molar-refractivity contribution in [2.24, 2.45) is 5.92 Å². The lowest BCUT2D eigenvalue weighted by Crippen LogP contribution is -1.95. The third-order valence-corrected chi connectivity index (χ3v) is 6.49. The van der Waals surface area contributed by atoms with Crippen molar-refractivity contribution in [3.8, 4) is 0 Å². The fraction of sp³-hybridized carbons (Fsp3) is 0.931. The van der Waals surface area contributed by atoms with Crippen molar-refractivity contribution in [1.82, 2.24) is 0 Å². The third-order valence-electron chi connectivity index (χ3n) is 6.49. The normalized spacial score (nSPS) is 12.8. The maximum Gasteiger partial charge on any atom is -0.0351 e. The van der Waals surface area contributed by atoms with Gasteiger partial charge in [0, 0.05) is 0 Å². The van der Waals surface area contributed by atoms with E-state index < -0.39 is 0 Å². The maximum absolute atomic E-state index is 2.48. The first-order chi connectivity index (χ1) is 14.3. The van der Waals surface area contributed by atoms with Gasteiger partial charge < -0.3 is 0 Å². The summed E-state index contributed by atoms with van der Waals surface area (Å²) in [5.41, 5.74) is 0. The molecule has 0 radical (unpaired) electrons. The van der Waals surface area contributed by atoms with Gasteiger partial charge in [0.2, 0.25) is 0 Å². The van der Waals surface area contributed by atoms with E-state index in [2.05, 4.69) is 32.9 Å². The highest BCUT2D eigenvalue weighted by Gasteiger charge is 2.02. The Morgan fingerprint density at radius 1 is 0.414 bits per heavy atom. The number of rotatable bonds is 24. The van der Waals surface area contributed by atoms with Crippen LogP contribution < -0.4 is 0 Å². The Labute approximate surface area is 186 Å². The standard InChI is InChI=1S/C29H58/c1-4-6-8-10-12-13-14-15-16-17-18-19-20-21-22-24-26-28-29(3)27-25-23-11-9-7-5-2/h8,10,29H,4-7,9,11-28H2,1-3H3. The zero-order valence-electron chi connectivity index (χ0n) is 21.0. The third kappa shape index (κ3) is 25.7. The van der Waals surface area contributed by atoms with Crippen molar-refractivity contribution in [2.45, 2.75) is 168 Å². The van der Waals surface area contributed by atoms with Crippen LogP contribution in [0.4, 0.5) is 0 Å². The Balaban J connectivity index is 3.12. The molecule has 0 N–H and O–H groups in total. The van der Waals surface area contributed by atoms with Gasteiger partial charge in [0.15, 0.2) is 0 Å². The SMILES string of the molecule is CCCC=CCCCCCCCCCCCCCCC(C)CCCCCCCC. The largest absolute Gasteiger partial charge is 0.0885 e. The van der Waals surface area contributed by atoms with Crippen LogP contribution in [0.15, 0.2) is 12.2 Å². The van der Waals surface area contributed by atoms with Crippen LogP contribution in [0.3, 0.4) is 0 Å². The fourth-order valence-electron chi connectivity index (χ4n) is 4.34. The molecule has 0 aliphatic rings. The lowest BCUT2D eigenvalue weighted by molar-refractivity contribution is 0.430. The summed E-state index contributed by atoms with van der Waals surface area (Å²) in [5.74, 6) is 0.966. The average Bonchev–Trinajstić information content (AvgIpc) is 2.73. The van der Waals surface area contributed by atoms with Crippen LogP contribution in [0, 0.1) is 5.92 Å². The molecule has 0 aromatic rings. The molecule has 0 aliphatic carbocycles. The van der Waals surface area contributed by atoms with Gasteiger partial charge in [-0.2, -0.15) is 0 Å². The summed E-state index contributed by atoms with van der Waals surface area (Å²) >= 11 is 0. The van der Waals surface area contributed by atoms with Gasteiger partial charge in [-0.25, -0.2) is 0 Å². The Morgan fingerprint density at radius 3 is 1.24 bits per heavy atom. The summed E-state index contributed by atoms with van der Waals surface area (Å²) in [7, 11) is 0. The average molecular weight is 407 g/mol. The van der Waals surface area contributed by atoms with Gasteiger partial charge in [0.05, 0.1) is 0 Å². The van der Waals surface area contributed by atoms with E-state index in [4.69, 9.17) is 0 Å². The molecule has 0 fully saturated rings. The molecule has 174 valence electrons. The van der Waals surface area contributed by atoms with Gasteiger partial charge in [0.25, 0.3) is 0 Å². The summed E-state index contributed by atoms with van der Waals surface area (Å²) in [6, 6.07) is 0. The van der Waals surface area contributed by atoms with Gasteiger partial charge in [-0.05, 0) is 25.2 Å². The van der Waals surface area contributed by atoms with Crippen molar-refractivity contribution in [3.05, 3.63) is 12.2 Å². The van der Waals surface area contributed by atoms with E-state index in [-0.39, 0.29) is 0 Å². The minimum atomic E-state index is 0.966. The second-order valence-electron chi connectivity index (χ2n) is 9.74. The molecule has 0 aromatic heterocycles. The van der Waals surface area contributed by atoms with Crippen molar-refractivity contribution >= 4 is 0 Å². The van der Waals surface area contributed by atoms with Gasteiger partial charge in [0.1, 0.15) is 0 Å². The Bertz CT molecular complexity index is 303. The predicted molar refractivity (Wildman–Crippen MR) is 136 cm³/mol. The minimum Gasteiger partial charge on any atom is -0.0885 e. The molecule has 1 unspecified atom stereocenters. The lowest BCUT2D eigenvalue weighted by Gasteiger charge is -2.11. The Hall–Kier alpha value is -0.260. The summed E-state index contributed by atoms with van der Waals surface area (Å²) in [6.07, 6.45) is 37.8. The van der Waals surface area contributed by atoms with E-state index in [0.29, 0.717) is 0 Å². The fourth-order valence-corrected chi connectivity index (χ4v) is 4.34. The number of hydrogen-bond donors (Lipinski definition) is 0. The molecule has 0 heteroatoms. The molecule has 0 rings (SSSR count). The summed E-state index contributed by atoms with van der Waals surface area (Å²) in [5, 5.41) is 0. The number of allylic oxidation sites excluding steroid dienone is 2. The molecule has 0 amide bonds. The van der Waals surface area contributed by atoms with Crippen LogP contribution in [-0.2, 0) is 0 Å². The second-order valence-corrected chi connectivity index (χ2v) is 9.74. The lowest BCUT2D eigenvalue weighted by atomic mass is 9.96. The van der Waals surface area contributed by atoms with E-state index in [9.17, 15) is 0 Å². The summed E-state index contributed by atoms with van der Waals surface area (Å²) in [4.78, 5) is 0. The van der Waals surface area contributed by atoms with E-state index in [0.717, 1.165) is 5.92 Å². The van der Waals surface area contributed by atoms with Crippen LogP contribution in [0.25, 0.3) is 0 Å². The first-order valence-electron chi connectivity index (χ1n) is 14.0. The van der Waals surface area contributed by atoms with E-state index >= 15 is 0 Å². The molecule has 0 bridgehead atoms. The van der Waals surface area contributed by atoms with Gasteiger partial charge in [-0.3, -0.25) is 0 Å². The molecule has 0 aliphatic heterocycles. The first-order valence-corrected chi connectivity index (χ1v) is 14.0. The van der Waals surface area contributed by atoms with Crippen molar-refractivity contribution in [3.63, 3.8) is 0 Å². The highest BCUT2D eigenvalue weighted by molar-refractivity contribution is 4.80. The van der Waals surface area contributed by atoms with E-state index in [1.54, 1.807) is 0 Å². The summed E-state index contributed by atoms with van der Waals surface area (Å²) < 4.78 is 0. The zero-order valence-corrected chi connectivity index (χ0v) is 21.0. The number of hydrogen-bond acceptors (Lipinski definition) is 0. The molecular formula is C29H58. The monoisotopic (exact) mass is 406 g/mol. The maximum atomic E-state index is 2.48. The summed E-state index contributed by atoms with van der Waals surface area (Å²) in [6.45, 7) is 7.04. The van der Waals surface area contributed by atoms with Crippen molar-refractivity contribution in [2.75, 3.05) is 0 Å². The zero-order chi connectivity index (χ0) is 21.3. The quantitative estimate of drug-likeness (QED) is 0.110. The Morgan fingerprint density at radius 2 is 0.793 bits per heavy atom. The van der Waals surface area contributed by atoms with E-state index in [1.807, 2.05) is 0 Å². The predicted octanol–water partition coefficient (Wildman–Crippen LogP) is 11.2. The second kappa shape index (κ2) is 25.8. The smallest absolute Gasteiger partial charge is 0.0351 e. The molecule has 0 aromatic carbocycles. The van der Waals surface area contributed by atoms with Gasteiger partial charge in [-0.1, -0.05) is 161 Å². The molecule has 0 saturated carbocycles. The van der Waals surface area contributed by atoms with Crippen molar-refractivity contribution in [1.29, 1.82) is 0 Å². The number of unbranched alkanes of at least 4 members (excludes halogenated alkanes) is 18. The van der Waals surface area contributed by atoms with Crippen LogP contribution in [0.2, 0.25) is 0 Å². The van der Waals surface area contributed by atoms with Crippen molar-refractivity contribution < 1.29 is 0 Å².